The molecule has 3 heterocycles. The smallest absolute Gasteiger partial charge is 0.237 e. The maximum atomic E-state index is 12.9. The van der Waals surface area contributed by atoms with Crippen molar-refractivity contribution in [2.45, 2.75) is 17.3 Å². The maximum absolute atomic E-state index is 12.9. The van der Waals surface area contributed by atoms with Crippen molar-refractivity contribution in [1.82, 2.24) is 14.8 Å². The van der Waals surface area contributed by atoms with Crippen LogP contribution in [0.15, 0.2) is 65.1 Å². The Morgan fingerprint density at radius 2 is 2.00 bits per heavy atom. The molecule has 0 aliphatic carbocycles. The van der Waals surface area contributed by atoms with Crippen molar-refractivity contribution >= 4 is 34.7 Å². The molecule has 0 saturated heterocycles. The minimum atomic E-state index is -0.440. The number of carbonyl (C=O) groups excluding carboxylic acids is 1. The number of nitrogens with zero attached hydrogens (tertiary/aromatic N) is 3. The summed E-state index contributed by atoms with van der Waals surface area (Å²) in [6, 6.07) is 16.9. The molecule has 1 N–H and O–H groups in total. The van der Waals surface area contributed by atoms with Crippen LogP contribution in [-0.4, -0.2) is 39.8 Å². The number of anilines is 1. The molecule has 1 amide bonds. The third-order valence-electron chi connectivity index (χ3n) is 4.99. The Morgan fingerprint density at radius 1 is 1.15 bits per heavy atom. The van der Waals surface area contributed by atoms with Gasteiger partial charge in [0, 0.05) is 11.8 Å². The molecule has 2 aromatic heterocycles. The number of fused-ring (bicyclic) bond motifs is 1. The van der Waals surface area contributed by atoms with Crippen molar-refractivity contribution in [3.05, 3.63) is 60.0 Å². The molecule has 5 rings (SSSR count). The number of hydrogen-bond donors (Lipinski definition) is 1. The molecule has 1 atom stereocenters. The number of amides is 1. The van der Waals surface area contributed by atoms with E-state index in [1.165, 1.54) is 11.8 Å². The summed E-state index contributed by atoms with van der Waals surface area (Å²) in [5.41, 5.74) is 1.45. The standard InChI is InChI=1S/C23H20N4O4S2/c1-14(22(28)24-15-9-10-18-19(12-15)31-13-30-18)33-23-26-25-21(20-8-5-11-32-20)27(23)16-6-3-4-7-17(16)29-2/h3-12,14H,13H2,1-2H3,(H,24,28)/t14-/m1/s1. The van der Waals surface area contributed by atoms with Gasteiger partial charge in [0.05, 0.1) is 22.9 Å². The molecular formula is C23H20N4O4S2. The van der Waals surface area contributed by atoms with Crippen molar-refractivity contribution in [3.8, 4) is 33.6 Å². The zero-order valence-electron chi connectivity index (χ0n) is 17.8. The van der Waals surface area contributed by atoms with Gasteiger partial charge in [0.1, 0.15) is 5.75 Å². The first-order chi connectivity index (χ1) is 16.1. The highest BCUT2D eigenvalue weighted by Gasteiger charge is 2.24. The third-order valence-corrected chi connectivity index (χ3v) is 6.90. The highest BCUT2D eigenvalue weighted by atomic mass is 32.2. The van der Waals surface area contributed by atoms with Crippen LogP contribution in [0.2, 0.25) is 0 Å². The topological polar surface area (TPSA) is 87.5 Å². The SMILES string of the molecule is COc1ccccc1-n1c(S[C@H](C)C(=O)Nc2ccc3c(c2)OCO3)nnc1-c1cccs1. The van der Waals surface area contributed by atoms with E-state index in [9.17, 15) is 4.79 Å². The number of hydrogen-bond acceptors (Lipinski definition) is 8. The second kappa shape index (κ2) is 9.16. The van der Waals surface area contributed by atoms with E-state index in [-0.39, 0.29) is 12.7 Å². The molecule has 0 saturated carbocycles. The van der Waals surface area contributed by atoms with Crippen molar-refractivity contribution < 1.29 is 19.0 Å². The molecule has 1 aliphatic heterocycles. The van der Waals surface area contributed by atoms with Crippen LogP contribution in [0.25, 0.3) is 16.4 Å². The van der Waals surface area contributed by atoms with Gasteiger partial charge in [-0.1, -0.05) is 30.0 Å². The molecule has 0 radical (unpaired) electrons. The first-order valence-corrected chi connectivity index (χ1v) is 11.9. The molecule has 4 aromatic rings. The highest BCUT2D eigenvalue weighted by molar-refractivity contribution is 8.00. The predicted molar refractivity (Wildman–Crippen MR) is 128 cm³/mol. The van der Waals surface area contributed by atoms with E-state index in [1.807, 2.05) is 53.3 Å². The number of thiophene rings is 1. The van der Waals surface area contributed by atoms with E-state index in [0.29, 0.717) is 33.9 Å². The van der Waals surface area contributed by atoms with Gasteiger partial charge in [-0.15, -0.1) is 21.5 Å². The van der Waals surface area contributed by atoms with E-state index in [2.05, 4.69) is 15.5 Å². The van der Waals surface area contributed by atoms with E-state index in [4.69, 9.17) is 14.2 Å². The summed E-state index contributed by atoms with van der Waals surface area (Å²) in [6.45, 7) is 2.02. The molecule has 8 nitrogen and oxygen atoms in total. The van der Waals surface area contributed by atoms with Gasteiger partial charge in [-0.2, -0.15) is 0 Å². The lowest BCUT2D eigenvalue weighted by Gasteiger charge is -2.15. The van der Waals surface area contributed by atoms with Crippen LogP contribution in [0.4, 0.5) is 5.69 Å². The molecule has 0 spiro atoms. The van der Waals surface area contributed by atoms with Gasteiger partial charge in [0.25, 0.3) is 0 Å². The van der Waals surface area contributed by atoms with E-state index in [1.54, 1.807) is 36.6 Å². The maximum Gasteiger partial charge on any atom is 0.237 e. The van der Waals surface area contributed by atoms with Crippen LogP contribution in [0.1, 0.15) is 6.92 Å². The molecule has 10 heteroatoms. The minimum Gasteiger partial charge on any atom is -0.495 e. The third kappa shape index (κ3) is 4.27. The van der Waals surface area contributed by atoms with Crippen LogP contribution in [0.5, 0.6) is 17.2 Å². The summed E-state index contributed by atoms with van der Waals surface area (Å²) in [7, 11) is 1.63. The number of rotatable bonds is 7. The fourth-order valence-corrected chi connectivity index (χ4v) is 4.93. The second-order valence-electron chi connectivity index (χ2n) is 7.11. The Bertz CT molecular complexity index is 1290. The van der Waals surface area contributed by atoms with Gasteiger partial charge in [-0.25, -0.2) is 0 Å². The number of methoxy groups -OCH3 is 1. The van der Waals surface area contributed by atoms with Crippen LogP contribution in [0, 0.1) is 0 Å². The summed E-state index contributed by atoms with van der Waals surface area (Å²) in [5, 5.41) is 13.9. The Labute approximate surface area is 198 Å². The molecule has 1 aliphatic rings. The summed E-state index contributed by atoms with van der Waals surface area (Å²) in [5.74, 6) is 2.51. The second-order valence-corrected chi connectivity index (χ2v) is 9.36. The number of nitrogens with one attached hydrogen (secondary N) is 1. The lowest BCUT2D eigenvalue weighted by molar-refractivity contribution is -0.115. The van der Waals surface area contributed by atoms with Gasteiger partial charge >= 0.3 is 0 Å². The normalized spacial score (nSPS) is 13.0. The van der Waals surface area contributed by atoms with Crippen LogP contribution < -0.4 is 19.5 Å². The molecule has 2 aromatic carbocycles. The van der Waals surface area contributed by atoms with Gasteiger partial charge in [0.2, 0.25) is 12.7 Å². The van der Waals surface area contributed by atoms with Crippen molar-refractivity contribution in [2.75, 3.05) is 19.2 Å². The van der Waals surface area contributed by atoms with E-state index in [0.717, 1.165) is 10.6 Å². The zero-order valence-corrected chi connectivity index (χ0v) is 19.5. The Balaban J connectivity index is 1.42. The number of aromatic nitrogens is 3. The van der Waals surface area contributed by atoms with Gasteiger partial charge in [-0.3, -0.25) is 9.36 Å². The lowest BCUT2D eigenvalue weighted by Crippen LogP contribution is -2.22. The zero-order chi connectivity index (χ0) is 22.8. The summed E-state index contributed by atoms with van der Waals surface area (Å²) < 4.78 is 18.2. The largest absolute Gasteiger partial charge is 0.495 e. The van der Waals surface area contributed by atoms with E-state index < -0.39 is 5.25 Å². The average Bonchev–Trinajstić information content (AvgIpc) is 3.59. The number of thioether (sulfide) groups is 1. The monoisotopic (exact) mass is 480 g/mol. The average molecular weight is 481 g/mol. The van der Waals surface area contributed by atoms with Crippen LogP contribution >= 0.6 is 23.1 Å². The molecular weight excluding hydrogens is 460 g/mol. The van der Waals surface area contributed by atoms with Crippen molar-refractivity contribution in [3.63, 3.8) is 0 Å². The fraction of sp³-hybridized carbons (Fsp3) is 0.174. The summed E-state index contributed by atoms with van der Waals surface area (Å²) >= 11 is 2.90. The molecule has 0 unspecified atom stereocenters. The number of benzene rings is 2. The number of ether oxygens (including phenoxy) is 3. The quantitative estimate of drug-likeness (QED) is 0.378. The van der Waals surface area contributed by atoms with Gasteiger partial charge < -0.3 is 19.5 Å². The van der Waals surface area contributed by atoms with Gasteiger partial charge in [-0.05, 0) is 42.6 Å². The van der Waals surface area contributed by atoms with E-state index >= 15 is 0 Å². The van der Waals surface area contributed by atoms with Crippen LogP contribution in [-0.2, 0) is 4.79 Å². The van der Waals surface area contributed by atoms with Crippen LogP contribution in [0.3, 0.4) is 0 Å². The molecule has 168 valence electrons. The van der Waals surface area contributed by atoms with Crippen molar-refractivity contribution in [2.24, 2.45) is 0 Å². The Hall–Kier alpha value is -3.50. The Kier molecular flexibility index (Phi) is 5.93. The first kappa shape index (κ1) is 21.4. The fourth-order valence-electron chi connectivity index (χ4n) is 3.37. The minimum absolute atomic E-state index is 0.161. The Morgan fingerprint density at radius 3 is 2.82 bits per heavy atom. The van der Waals surface area contributed by atoms with Crippen molar-refractivity contribution in [1.29, 1.82) is 0 Å². The van der Waals surface area contributed by atoms with Gasteiger partial charge in [0.15, 0.2) is 22.5 Å². The number of para-hydroxylation sites is 2. The first-order valence-electron chi connectivity index (χ1n) is 10.1. The highest BCUT2D eigenvalue weighted by Crippen LogP contribution is 2.36. The molecule has 33 heavy (non-hydrogen) atoms. The predicted octanol–water partition coefficient (Wildman–Crippen LogP) is 4.85. The molecule has 0 bridgehead atoms. The molecule has 0 fully saturated rings. The summed E-state index contributed by atoms with van der Waals surface area (Å²) in [4.78, 5) is 13.9. The summed E-state index contributed by atoms with van der Waals surface area (Å²) in [6.07, 6.45) is 0. The lowest BCUT2D eigenvalue weighted by atomic mass is 10.2. The number of carbonyl (C=O) groups is 1.